The van der Waals surface area contributed by atoms with E-state index in [-0.39, 0.29) is 24.4 Å². The maximum atomic E-state index is 14.0. The highest BCUT2D eigenvalue weighted by Gasteiger charge is 2.52. The third kappa shape index (κ3) is 4.75. The van der Waals surface area contributed by atoms with E-state index in [4.69, 9.17) is 15.6 Å². The van der Waals surface area contributed by atoms with Gasteiger partial charge < -0.3 is 15.6 Å². The van der Waals surface area contributed by atoms with Crippen LogP contribution >= 0.6 is 0 Å². The fourth-order valence-electron chi connectivity index (χ4n) is 3.81. The number of hydrogen-bond donors (Lipinski definition) is 2. The minimum Gasteiger partial charge on any atom is -0.480 e. The predicted molar refractivity (Wildman–Crippen MR) is 120 cm³/mol. The summed E-state index contributed by atoms with van der Waals surface area (Å²) in [5.41, 5.74) is 5.59. The van der Waals surface area contributed by atoms with Crippen LogP contribution in [0.5, 0.6) is 5.75 Å². The molecule has 0 aliphatic carbocycles. The van der Waals surface area contributed by atoms with Crippen LogP contribution in [-0.4, -0.2) is 42.9 Å². The fraction of sp³-hybridized carbons (Fsp3) is 0.208. The van der Waals surface area contributed by atoms with Crippen LogP contribution in [0.15, 0.2) is 83.8 Å². The van der Waals surface area contributed by atoms with Gasteiger partial charge in [0.25, 0.3) is 0 Å². The number of carbonyl (C=O) groups is 1. The van der Waals surface area contributed by atoms with E-state index in [1.807, 2.05) is 6.07 Å². The number of ether oxygens (including phenoxy) is 1. The molecule has 3 aromatic rings. The highest BCUT2D eigenvalue weighted by Crippen LogP contribution is 2.40. The number of carboxylic acids is 1. The standard InChI is InChI=1S/C24H23FN2O5S/c25-19-8-5-7-18(14-19)24(32-20-9-2-1-3-10-20)15-27(16-24)33(30,31)21-11-4-6-17(12-21)13-22(26)23(28)29/h1-12,14,22H,13,15-16,26H2,(H,28,29)/t22-/m0/s1. The second kappa shape index (κ2) is 8.93. The van der Waals surface area contributed by atoms with Crippen LogP contribution in [0.2, 0.25) is 0 Å². The average molecular weight is 471 g/mol. The number of hydrogen-bond acceptors (Lipinski definition) is 5. The van der Waals surface area contributed by atoms with E-state index in [1.54, 1.807) is 48.5 Å². The molecular formula is C24H23FN2O5S. The zero-order valence-corrected chi connectivity index (χ0v) is 18.4. The maximum absolute atomic E-state index is 14.0. The summed E-state index contributed by atoms with van der Waals surface area (Å²) in [5, 5.41) is 9.02. The zero-order chi connectivity index (χ0) is 23.6. The van der Waals surface area contributed by atoms with E-state index in [0.29, 0.717) is 16.9 Å². The lowest BCUT2D eigenvalue weighted by Crippen LogP contribution is -2.64. The molecule has 0 aromatic heterocycles. The number of para-hydroxylation sites is 1. The topological polar surface area (TPSA) is 110 Å². The molecule has 0 radical (unpaired) electrons. The van der Waals surface area contributed by atoms with Gasteiger partial charge in [0, 0.05) is 5.56 Å². The molecule has 0 amide bonds. The van der Waals surface area contributed by atoms with Gasteiger partial charge in [-0.25, -0.2) is 12.8 Å². The Morgan fingerprint density at radius 1 is 1.06 bits per heavy atom. The molecule has 1 saturated heterocycles. The lowest BCUT2D eigenvalue weighted by Gasteiger charge is -2.48. The summed E-state index contributed by atoms with van der Waals surface area (Å²) >= 11 is 0. The van der Waals surface area contributed by atoms with Gasteiger partial charge in [-0.15, -0.1) is 0 Å². The molecule has 4 rings (SSSR count). The van der Waals surface area contributed by atoms with Gasteiger partial charge >= 0.3 is 5.97 Å². The highest BCUT2D eigenvalue weighted by molar-refractivity contribution is 7.89. The SMILES string of the molecule is N[C@@H](Cc1cccc(S(=O)(=O)N2CC(Oc3ccccc3)(c3cccc(F)c3)C2)c1)C(=O)O. The third-order valence-electron chi connectivity index (χ3n) is 5.58. The second-order valence-electron chi connectivity index (χ2n) is 7.99. The van der Waals surface area contributed by atoms with Gasteiger partial charge in [-0.1, -0.05) is 42.5 Å². The van der Waals surface area contributed by atoms with Gasteiger partial charge in [-0.05, 0) is 48.4 Å². The number of nitrogens with zero attached hydrogens (tertiary/aromatic N) is 1. The van der Waals surface area contributed by atoms with Gasteiger partial charge in [0.05, 0.1) is 18.0 Å². The average Bonchev–Trinajstić information content (AvgIpc) is 2.76. The lowest BCUT2D eigenvalue weighted by molar-refractivity contribution is -0.138. The largest absolute Gasteiger partial charge is 0.480 e. The van der Waals surface area contributed by atoms with Crippen LogP contribution in [-0.2, 0) is 26.8 Å². The Bertz CT molecular complexity index is 1260. The molecule has 0 saturated carbocycles. The molecule has 0 bridgehead atoms. The van der Waals surface area contributed by atoms with Crippen LogP contribution in [0.25, 0.3) is 0 Å². The molecule has 1 aliphatic rings. The van der Waals surface area contributed by atoms with Crippen molar-refractivity contribution in [3.8, 4) is 5.75 Å². The number of halogens is 1. The Labute approximate surface area is 191 Å². The summed E-state index contributed by atoms with van der Waals surface area (Å²) in [6, 6.07) is 19.8. The summed E-state index contributed by atoms with van der Waals surface area (Å²) in [7, 11) is -3.89. The Kier molecular flexibility index (Phi) is 6.20. The van der Waals surface area contributed by atoms with E-state index in [1.165, 1.54) is 28.6 Å². The van der Waals surface area contributed by atoms with Crippen molar-refractivity contribution in [1.29, 1.82) is 0 Å². The van der Waals surface area contributed by atoms with E-state index in [0.717, 1.165) is 0 Å². The molecule has 1 fully saturated rings. The molecule has 7 nitrogen and oxygen atoms in total. The second-order valence-corrected chi connectivity index (χ2v) is 9.93. The molecular weight excluding hydrogens is 447 g/mol. The first-order valence-corrected chi connectivity index (χ1v) is 11.7. The number of rotatable bonds is 8. The molecule has 0 spiro atoms. The highest BCUT2D eigenvalue weighted by atomic mass is 32.2. The number of benzene rings is 3. The lowest BCUT2D eigenvalue weighted by atomic mass is 9.87. The smallest absolute Gasteiger partial charge is 0.320 e. The summed E-state index contributed by atoms with van der Waals surface area (Å²) in [6.07, 6.45) is 0.00302. The monoisotopic (exact) mass is 470 g/mol. The fourth-order valence-corrected chi connectivity index (χ4v) is 5.41. The first kappa shape index (κ1) is 22.9. The van der Waals surface area contributed by atoms with Crippen molar-refractivity contribution in [1.82, 2.24) is 4.31 Å². The van der Waals surface area contributed by atoms with Gasteiger partial charge in [0.15, 0.2) is 5.60 Å². The molecule has 1 aliphatic heterocycles. The molecule has 9 heteroatoms. The van der Waals surface area contributed by atoms with E-state index < -0.39 is 33.5 Å². The van der Waals surface area contributed by atoms with Crippen molar-refractivity contribution >= 4 is 16.0 Å². The Balaban J connectivity index is 1.60. The molecule has 3 N–H and O–H groups in total. The molecule has 0 unspecified atom stereocenters. The predicted octanol–water partition coefficient (Wildman–Crippen LogP) is 2.76. The van der Waals surface area contributed by atoms with Gasteiger partial charge in [0.1, 0.15) is 17.6 Å². The van der Waals surface area contributed by atoms with Crippen molar-refractivity contribution in [2.45, 2.75) is 23.0 Å². The molecule has 172 valence electrons. The summed E-state index contributed by atoms with van der Waals surface area (Å²) in [6.45, 7) is -0.0148. The summed E-state index contributed by atoms with van der Waals surface area (Å²) in [4.78, 5) is 11.1. The molecule has 3 aromatic carbocycles. The van der Waals surface area contributed by atoms with E-state index in [9.17, 15) is 17.6 Å². The van der Waals surface area contributed by atoms with Crippen molar-refractivity contribution in [3.05, 3.63) is 95.8 Å². The van der Waals surface area contributed by atoms with Crippen LogP contribution in [0.1, 0.15) is 11.1 Å². The van der Waals surface area contributed by atoms with Crippen molar-refractivity contribution < 1.29 is 27.4 Å². The normalized spacial score (nSPS) is 16.5. The third-order valence-corrected chi connectivity index (χ3v) is 7.37. The number of carboxylic acid groups (broad SMARTS) is 1. The Morgan fingerprint density at radius 2 is 1.76 bits per heavy atom. The van der Waals surface area contributed by atoms with E-state index >= 15 is 0 Å². The van der Waals surface area contributed by atoms with Crippen LogP contribution in [0, 0.1) is 5.82 Å². The first-order valence-electron chi connectivity index (χ1n) is 10.3. The van der Waals surface area contributed by atoms with Crippen molar-refractivity contribution in [2.75, 3.05) is 13.1 Å². The maximum Gasteiger partial charge on any atom is 0.320 e. The number of nitrogens with two attached hydrogens (primary N) is 1. The Hall–Kier alpha value is -3.27. The van der Waals surface area contributed by atoms with Gasteiger partial charge in [-0.3, -0.25) is 4.79 Å². The van der Waals surface area contributed by atoms with Crippen molar-refractivity contribution in [3.63, 3.8) is 0 Å². The minimum absolute atomic E-state index is 0.00302. The Morgan fingerprint density at radius 3 is 2.42 bits per heavy atom. The molecule has 1 heterocycles. The molecule has 33 heavy (non-hydrogen) atoms. The van der Waals surface area contributed by atoms with Crippen LogP contribution < -0.4 is 10.5 Å². The number of aliphatic carboxylic acids is 1. The summed E-state index contributed by atoms with van der Waals surface area (Å²) in [5.74, 6) is -1.06. The first-order chi connectivity index (χ1) is 15.7. The van der Waals surface area contributed by atoms with Crippen LogP contribution in [0.4, 0.5) is 4.39 Å². The summed E-state index contributed by atoms with van der Waals surface area (Å²) < 4.78 is 48.0. The van der Waals surface area contributed by atoms with Crippen LogP contribution in [0.3, 0.4) is 0 Å². The van der Waals surface area contributed by atoms with Gasteiger partial charge in [0.2, 0.25) is 10.0 Å². The minimum atomic E-state index is -3.89. The quantitative estimate of drug-likeness (QED) is 0.524. The zero-order valence-electron chi connectivity index (χ0n) is 17.6. The van der Waals surface area contributed by atoms with Crippen molar-refractivity contribution in [2.24, 2.45) is 5.73 Å². The molecule has 1 atom stereocenters. The van der Waals surface area contributed by atoms with E-state index in [2.05, 4.69) is 0 Å². The number of sulfonamides is 1. The van der Waals surface area contributed by atoms with Gasteiger partial charge in [-0.2, -0.15) is 4.31 Å².